The third kappa shape index (κ3) is 2.11. The van der Waals surface area contributed by atoms with E-state index in [2.05, 4.69) is 46.3 Å². The molecule has 0 spiro atoms. The molecule has 0 bridgehead atoms. The number of carbonyl (C=O) groups is 1. The standard InChI is InChI=1S/C23H13BrO/c24-15-9-10-17-19-12-11-16(14-5-2-1-3-6-14)18-7-4-8-20(22(18)19)23(25)21(17)13-15/h1-13H. The zero-order valence-corrected chi connectivity index (χ0v) is 14.9. The van der Waals surface area contributed by atoms with Crippen molar-refractivity contribution in [3.63, 3.8) is 0 Å². The highest BCUT2D eigenvalue weighted by Crippen LogP contribution is 2.43. The van der Waals surface area contributed by atoms with Crippen molar-refractivity contribution in [3.05, 3.63) is 94.5 Å². The van der Waals surface area contributed by atoms with E-state index in [4.69, 9.17) is 0 Å². The smallest absolute Gasteiger partial charge is 0.194 e. The van der Waals surface area contributed by atoms with E-state index in [0.29, 0.717) is 0 Å². The van der Waals surface area contributed by atoms with Crippen LogP contribution in [-0.4, -0.2) is 5.78 Å². The molecular formula is C23H13BrO. The van der Waals surface area contributed by atoms with Gasteiger partial charge in [-0.1, -0.05) is 82.7 Å². The number of benzene rings is 4. The summed E-state index contributed by atoms with van der Waals surface area (Å²) in [6, 6.07) is 26.6. The number of hydrogen-bond donors (Lipinski definition) is 0. The van der Waals surface area contributed by atoms with Crippen molar-refractivity contribution in [1.29, 1.82) is 0 Å². The second-order valence-corrected chi connectivity index (χ2v) is 7.19. The van der Waals surface area contributed by atoms with Crippen LogP contribution in [0.3, 0.4) is 0 Å². The molecule has 5 rings (SSSR count). The van der Waals surface area contributed by atoms with Gasteiger partial charge in [0.1, 0.15) is 0 Å². The number of fused-ring (bicyclic) bond motifs is 2. The average molecular weight is 385 g/mol. The first-order valence-electron chi connectivity index (χ1n) is 8.20. The Labute approximate surface area is 154 Å². The van der Waals surface area contributed by atoms with E-state index in [9.17, 15) is 4.79 Å². The second-order valence-electron chi connectivity index (χ2n) is 6.27. The molecule has 1 aliphatic carbocycles. The number of ketones is 1. The van der Waals surface area contributed by atoms with Gasteiger partial charge in [-0.3, -0.25) is 4.79 Å². The van der Waals surface area contributed by atoms with Gasteiger partial charge in [-0.2, -0.15) is 0 Å². The van der Waals surface area contributed by atoms with Crippen LogP contribution in [0, 0.1) is 0 Å². The molecule has 0 heterocycles. The summed E-state index contributed by atoms with van der Waals surface area (Å²) in [6.07, 6.45) is 0. The molecule has 25 heavy (non-hydrogen) atoms. The van der Waals surface area contributed by atoms with Crippen molar-refractivity contribution >= 4 is 32.5 Å². The van der Waals surface area contributed by atoms with Crippen LogP contribution in [0.4, 0.5) is 0 Å². The molecule has 1 aliphatic rings. The van der Waals surface area contributed by atoms with Crippen molar-refractivity contribution in [2.24, 2.45) is 0 Å². The maximum atomic E-state index is 13.1. The van der Waals surface area contributed by atoms with Crippen LogP contribution in [0.1, 0.15) is 15.9 Å². The Kier molecular flexibility index (Phi) is 3.16. The fraction of sp³-hybridized carbons (Fsp3) is 0. The molecule has 2 heteroatoms. The zero-order chi connectivity index (χ0) is 17.0. The molecule has 0 aliphatic heterocycles. The third-order valence-corrected chi connectivity index (χ3v) is 5.38. The highest BCUT2D eigenvalue weighted by molar-refractivity contribution is 9.10. The van der Waals surface area contributed by atoms with E-state index in [1.54, 1.807) is 0 Å². The Hall–Kier alpha value is -2.71. The first-order valence-corrected chi connectivity index (χ1v) is 8.99. The van der Waals surface area contributed by atoms with Crippen molar-refractivity contribution in [2.45, 2.75) is 0 Å². The number of carbonyl (C=O) groups excluding carboxylic acids is 1. The minimum Gasteiger partial charge on any atom is -0.289 e. The van der Waals surface area contributed by atoms with E-state index in [-0.39, 0.29) is 5.78 Å². The first-order chi connectivity index (χ1) is 12.2. The summed E-state index contributed by atoms with van der Waals surface area (Å²) in [4.78, 5) is 13.1. The second kappa shape index (κ2) is 5.40. The van der Waals surface area contributed by atoms with Gasteiger partial charge in [0, 0.05) is 21.0 Å². The van der Waals surface area contributed by atoms with Crippen LogP contribution >= 0.6 is 15.9 Å². The molecule has 4 aromatic carbocycles. The summed E-state index contributed by atoms with van der Waals surface area (Å²) < 4.78 is 0.927. The van der Waals surface area contributed by atoms with E-state index < -0.39 is 0 Å². The molecule has 0 aromatic heterocycles. The molecular weight excluding hydrogens is 372 g/mol. The number of rotatable bonds is 1. The Bertz CT molecular complexity index is 1160. The van der Waals surface area contributed by atoms with Crippen molar-refractivity contribution < 1.29 is 4.79 Å². The summed E-state index contributed by atoms with van der Waals surface area (Å²) in [5.74, 6) is 0.0969. The predicted octanol–water partition coefficient (Wildman–Crippen LogP) is 6.48. The van der Waals surface area contributed by atoms with E-state index >= 15 is 0 Å². The van der Waals surface area contributed by atoms with Crippen LogP contribution in [0.5, 0.6) is 0 Å². The third-order valence-electron chi connectivity index (χ3n) is 4.89. The molecule has 0 atom stereocenters. The normalized spacial score (nSPS) is 12.3. The summed E-state index contributed by atoms with van der Waals surface area (Å²) >= 11 is 3.48. The van der Waals surface area contributed by atoms with Gasteiger partial charge < -0.3 is 0 Å². The Morgan fingerprint density at radius 2 is 1.36 bits per heavy atom. The topological polar surface area (TPSA) is 17.1 Å². The summed E-state index contributed by atoms with van der Waals surface area (Å²) in [6.45, 7) is 0. The number of hydrogen-bond acceptors (Lipinski definition) is 1. The van der Waals surface area contributed by atoms with Gasteiger partial charge in [-0.15, -0.1) is 0 Å². The predicted molar refractivity (Wildman–Crippen MR) is 106 cm³/mol. The van der Waals surface area contributed by atoms with E-state index in [1.807, 2.05) is 48.5 Å². The Balaban J connectivity index is 1.91. The van der Waals surface area contributed by atoms with E-state index in [1.165, 1.54) is 5.56 Å². The summed E-state index contributed by atoms with van der Waals surface area (Å²) in [5, 5.41) is 2.19. The highest BCUT2D eigenvalue weighted by Gasteiger charge is 2.26. The van der Waals surface area contributed by atoms with Crippen molar-refractivity contribution in [1.82, 2.24) is 0 Å². The monoisotopic (exact) mass is 384 g/mol. The first kappa shape index (κ1) is 14.6. The van der Waals surface area contributed by atoms with Gasteiger partial charge in [0.05, 0.1) is 0 Å². The Morgan fingerprint density at radius 1 is 0.600 bits per heavy atom. The minimum absolute atomic E-state index is 0.0969. The lowest BCUT2D eigenvalue weighted by atomic mass is 9.81. The molecule has 4 aromatic rings. The van der Waals surface area contributed by atoms with Crippen molar-refractivity contribution in [3.8, 4) is 22.3 Å². The quantitative estimate of drug-likeness (QED) is 0.323. The molecule has 0 N–H and O–H groups in total. The molecule has 0 fully saturated rings. The molecule has 0 unspecified atom stereocenters. The van der Waals surface area contributed by atoms with Gasteiger partial charge in [0.25, 0.3) is 0 Å². The van der Waals surface area contributed by atoms with Gasteiger partial charge in [0.15, 0.2) is 5.78 Å². The SMILES string of the molecule is O=C1c2cc(Br)ccc2-c2ccc(-c3ccccc3)c3cccc1c23. The molecule has 0 saturated heterocycles. The molecule has 118 valence electrons. The average Bonchev–Trinajstić information content (AvgIpc) is 2.66. The minimum atomic E-state index is 0.0969. The Morgan fingerprint density at radius 3 is 2.20 bits per heavy atom. The van der Waals surface area contributed by atoms with Crippen LogP contribution < -0.4 is 0 Å². The highest BCUT2D eigenvalue weighted by atomic mass is 79.9. The summed E-state index contributed by atoms with van der Waals surface area (Å²) in [7, 11) is 0. The fourth-order valence-electron chi connectivity index (χ4n) is 3.77. The van der Waals surface area contributed by atoms with Crippen molar-refractivity contribution in [2.75, 3.05) is 0 Å². The maximum absolute atomic E-state index is 13.1. The van der Waals surface area contributed by atoms with Crippen LogP contribution in [0.25, 0.3) is 33.0 Å². The molecule has 0 saturated carbocycles. The lowest BCUT2D eigenvalue weighted by molar-refractivity contribution is 0.104. The lowest BCUT2D eigenvalue weighted by Crippen LogP contribution is -2.10. The molecule has 1 nitrogen and oxygen atoms in total. The maximum Gasteiger partial charge on any atom is 0.194 e. The summed E-state index contributed by atoms with van der Waals surface area (Å²) in [5.41, 5.74) is 6.02. The fourth-order valence-corrected chi connectivity index (χ4v) is 4.14. The number of halogens is 1. The van der Waals surface area contributed by atoms with Crippen LogP contribution in [0.15, 0.2) is 83.3 Å². The van der Waals surface area contributed by atoms with E-state index in [0.717, 1.165) is 43.1 Å². The molecule has 0 radical (unpaired) electrons. The zero-order valence-electron chi connectivity index (χ0n) is 13.3. The van der Waals surface area contributed by atoms with Gasteiger partial charge >= 0.3 is 0 Å². The molecule has 0 amide bonds. The lowest BCUT2D eigenvalue weighted by Gasteiger charge is -2.21. The van der Waals surface area contributed by atoms with Gasteiger partial charge in [0.2, 0.25) is 0 Å². The van der Waals surface area contributed by atoms with Crippen LogP contribution in [0.2, 0.25) is 0 Å². The largest absolute Gasteiger partial charge is 0.289 e. The van der Waals surface area contributed by atoms with Gasteiger partial charge in [-0.05, 0) is 39.8 Å². The van der Waals surface area contributed by atoms with Gasteiger partial charge in [-0.25, -0.2) is 0 Å². The van der Waals surface area contributed by atoms with Crippen LogP contribution in [-0.2, 0) is 0 Å².